The maximum absolute atomic E-state index is 13.8. The lowest BCUT2D eigenvalue weighted by Gasteiger charge is -2.08. The molecule has 3 rings (SSSR count). The molecule has 0 unspecified atom stereocenters. The number of sulfonamides is 1. The number of thiophene rings is 1. The van der Waals surface area contributed by atoms with E-state index in [9.17, 15) is 12.8 Å². The predicted molar refractivity (Wildman–Crippen MR) is 97.8 cm³/mol. The fraction of sp³-hybridized carbons (Fsp3) is 0.235. The molecule has 0 fully saturated rings. The largest absolute Gasteiger partial charge is 0.276 e. The number of nitrogens with one attached hydrogen (secondary N) is 1. The van der Waals surface area contributed by atoms with Gasteiger partial charge in [0.2, 0.25) is 0 Å². The molecule has 0 amide bonds. The molecule has 25 heavy (non-hydrogen) atoms. The number of hydrogen-bond acceptors (Lipinski definition) is 4. The molecule has 2 aromatic heterocycles. The third-order valence-electron chi connectivity index (χ3n) is 3.65. The summed E-state index contributed by atoms with van der Waals surface area (Å²) in [6, 6.07) is 7.74. The Morgan fingerprint density at radius 2 is 2.08 bits per heavy atom. The summed E-state index contributed by atoms with van der Waals surface area (Å²) >= 11 is 1.10. The van der Waals surface area contributed by atoms with E-state index >= 15 is 0 Å². The number of rotatable bonds is 6. The number of aryl methyl sites for hydroxylation is 2. The first-order chi connectivity index (χ1) is 11.9. The molecule has 0 saturated carbocycles. The number of halogens is 1. The van der Waals surface area contributed by atoms with Gasteiger partial charge in [0, 0.05) is 23.7 Å². The van der Waals surface area contributed by atoms with Crippen LogP contribution < -0.4 is 4.72 Å². The zero-order chi connectivity index (χ0) is 18.0. The summed E-state index contributed by atoms with van der Waals surface area (Å²) in [7, 11) is -3.85. The molecule has 0 aliphatic heterocycles. The second-order valence-electron chi connectivity index (χ2n) is 5.68. The molecule has 1 N–H and O–H groups in total. The molecule has 0 saturated heterocycles. The first-order valence-corrected chi connectivity index (χ1v) is 10.2. The van der Waals surface area contributed by atoms with E-state index in [1.54, 1.807) is 30.6 Å². The third kappa shape index (κ3) is 3.74. The van der Waals surface area contributed by atoms with Crippen LogP contribution in [-0.2, 0) is 16.6 Å². The van der Waals surface area contributed by atoms with Crippen LogP contribution in [0.15, 0.2) is 46.1 Å². The Morgan fingerprint density at radius 1 is 1.28 bits per heavy atom. The summed E-state index contributed by atoms with van der Waals surface area (Å²) in [6.45, 7) is 4.58. The summed E-state index contributed by atoms with van der Waals surface area (Å²) in [4.78, 5) is 0. The van der Waals surface area contributed by atoms with Gasteiger partial charge < -0.3 is 0 Å². The number of nitrogens with zero attached hydrogens (tertiary/aromatic N) is 2. The maximum atomic E-state index is 13.8. The fourth-order valence-electron chi connectivity index (χ4n) is 2.47. The van der Waals surface area contributed by atoms with E-state index in [1.165, 1.54) is 12.1 Å². The average molecular weight is 379 g/mol. The Hall–Kier alpha value is -2.19. The van der Waals surface area contributed by atoms with Crippen LogP contribution in [0.25, 0.3) is 11.3 Å². The topological polar surface area (TPSA) is 64.0 Å². The zero-order valence-corrected chi connectivity index (χ0v) is 15.5. The molecule has 0 bridgehead atoms. The highest BCUT2D eigenvalue weighted by Crippen LogP contribution is 2.30. The van der Waals surface area contributed by atoms with Gasteiger partial charge in [0.15, 0.2) is 0 Å². The van der Waals surface area contributed by atoms with E-state index in [0.29, 0.717) is 0 Å². The Bertz CT molecular complexity index is 993. The predicted octanol–water partition coefficient (Wildman–Crippen LogP) is 4.27. The highest BCUT2D eigenvalue weighted by Gasteiger charge is 2.20. The van der Waals surface area contributed by atoms with Crippen LogP contribution in [0.4, 0.5) is 10.1 Å². The van der Waals surface area contributed by atoms with Crippen molar-refractivity contribution in [1.29, 1.82) is 0 Å². The van der Waals surface area contributed by atoms with E-state index in [0.717, 1.165) is 41.1 Å². The molecule has 0 spiro atoms. The van der Waals surface area contributed by atoms with Crippen LogP contribution in [0, 0.1) is 12.7 Å². The number of hydrogen-bond donors (Lipinski definition) is 1. The molecule has 5 nitrogen and oxygen atoms in total. The summed E-state index contributed by atoms with van der Waals surface area (Å²) in [6.07, 6.45) is 2.62. The van der Waals surface area contributed by atoms with Crippen molar-refractivity contribution in [1.82, 2.24) is 9.78 Å². The van der Waals surface area contributed by atoms with Gasteiger partial charge in [-0.3, -0.25) is 9.40 Å². The monoisotopic (exact) mass is 379 g/mol. The Morgan fingerprint density at radius 3 is 2.84 bits per heavy atom. The van der Waals surface area contributed by atoms with Gasteiger partial charge in [0.05, 0.1) is 11.4 Å². The number of anilines is 1. The Labute approximate surface area is 150 Å². The average Bonchev–Trinajstić information content (AvgIpc) is 3.20. The zero-order valence-electron chi connectivity index (χ0n) is 13.9. The van der Waals surface area contributed by atoms with Crippen LogP contribution >= 0.6 is 11.3 Å². The molecule has 2 heterocycles. The van der Waals surface area contributed by atoms with Gasteiger partial charge >= 0.3 is 0 Å². The SMILES string of the molecule is CCCn1nccc1-c1csc(S(=O)(=O)Nc2cc(C)ccc2F)c1. The minimum absolute atomic E-state index is 0.0500. The van der Waals surface area contributed by atoms with Crippen molar-refractivity contribution >= 4 is 27.0 Å². The van der Waals surface area contributed by atoms with Crippen LogP contribution in [0.5, 0.6) is 0 Å². The first-order valence-electron chi connectivity index (χ1n) is 7.80. The number of benzene rings is 1. The summed E-state index contributed by atoms with van der Waals surface area (Å²) in [5.74, 6) is -0.605. The lowest BCUT2D eigenvalue weighted by atomic mass is 10.2. The highest BCUT2D eigenvalue weighted by molar-refractivity contribution is 7.94. The molecular weight excluding hydrogens is 361 g/mol. The maximum Gasteiger partial charge on any atom is 0.271 e. The van der Waals surface area contributed by atoms with Crippen LogP contribution in [-0.4, -0.2) is 18.2 Å². The van der Waals surface area contributed by atoms with Gasteiger partial charge in [-0.1, -0.05) is 13.0 Å². The standard InChI is InChI=1S/C17H18FN3O2S2/c1-3-8-21-16(6-7-19-21)13-10-17(24-11-13)25(22,23)20-15-9-12(2)4-5-14(15)18/h4-7,9-11,20H,3,8H2,1-2H3. The van der Waals surface area contributed by atoms with E-state index < -0.39 is 15.8 Å². The molecule has 0 atom stereocenters. The van der Waals surface area contributed by atoms with Gasteiger partial charge in [0.25, 0.3) is 10.0 Å². The molecule has 0 aliphatic carbocycles. The van der Waals surface area contributed by atoms with Crippen LogP contribution in [0.1, 0.15) is 18.9 Å². The minimum Gasteiger partial charge on any atom is -0.276 e. The summed E-state index contributed by atoms with van der Waals surface area (Å²) < 4.78 is 43.3. The lowest BCUT2D eigenvalue weighted by Crippen LogP contribution is -2.12. The molecule has 3 aromatic rings. The van der Waals surface area contributed by atoms with E-state index in [1.807, 2.05) is 10.7 Å². The van der Waals surface area contributed by atoms with Crippen molar-refractivity contribution in [3.63, 3.8) is 0 Å². The molecule has 8 heteroatoms. The van der Waals surface area contributed by atoms with E-state index in [2.05, 4.69) is 16.7 Å². The van der Waals surface area contributed by atoms with Gasteiger partial charge in [-0.15, -0.1) is 11.3 Å². The van der Waals surface area contributed by atoms with Crippen molar-refractivity contribution in [3.05, 3.63) is 53.3 Å². The second kappa shape index (κ2) is 6.97. The van der Waals surface area contributed by atoms with Gasteiger partial charge in [-0.25, -0.2) is 12.8 Å². The summed E-state index contributed by atoms with van der Waals surface area (Å²) in [5, 5.41) is 6.02. The summed E-state index contributed by atoms with van der Waals surface area (Å²) in [5.41, 5.74) is 2.36. The van der Waals surface area contributed by atoms with Crippen LogP contribution in [0.3, 0.4) is 0 Å². The molecule has 0 radical (unpaired) electrons. The van der Waals surface area contributed by atoms with Gasteiger partial charge in [-0.05, 0) is 43.2 Å². The Balaban J connectivity index is 1.90. The molecule has 1 aromatic carbocycles. The molecular formula is C17H18FN3O2S2. The van der Waals surface area contributed by atoms with E-state index in [4.69, 9.17) is 0 Å². The highest BCUT2D eigenvalue weighted by atomic mass is 32.2. The van der Waals surface area contributed by atoms with Crippen molar-refractivity contribution in [2.24, 2.45) is 0 Å². The van der Waals surface area contributed by atoms with Crippen molar-refractivity contribution in [2.75, 3.05) is 4.72 Å². The smallest absolute Gasteiger partial charge is 0.271 e. The minimum atomic E-state index is -3.85. The second-order valence-corrected chi connectivity index (χ2v) is 8.50. The van der Waals surface area contributed by atoms with Gasteiger partial charge in [0.1, 0.15) is 10.0 Å². The third-order valence-corrected chi connectivity index (χ3v) is 6.46. The van der Waals surface area contributed by atoms with E-state index in [-0.39, 0.29) is 9.90 Å². The molecule has 132 valence electrons. The normalized spacial score (nSPS) is 11.6. The quantitative estimate of drug-likeness (QED) is 0.696. The number of aromatic nitrogens is 2. The van der Waals surface area contributed by atoms with Crippen molar-refractivity contribution in [2.45, 2.75) is 31.0 Å². The van der Waals surface area contributed by atoms with Crippen LogP contribution in [0.2, 0.25) is 0 Å². The fourth-order valence-corrected chi connectivity index (χ4v) is 4.70. The van der Waals surface area contributed by atoms with Gasteiger partial charge in [-0.2, -0.15) is 5.10 Å². The van der Waals surface area contributed by atoms with Crippen molar-refractivity contribution < 1.29 is 12.8 Å². The molecule has 0 aliphatic rings. The first kappa shape index (κ1) is 17.6. The Kier molecular flexibility index (Phi) is 4.91. The van der Waals surface area contributed by atoms with Crippen molar-refractivity contribution in [3.8, 4) is 11.3 Å². The lowest BCUT2D eigenvalue weighted by molar-refractivity contribution is 0.600.